The van der Waals surface area contributed by atoms with Gasteiger partial charge in [0.25, 0.3) is 11.8 Å². The van der Waals surface area contributed by atoms with Crippen LogP contribution in [0.3, 0.4) is 0 Å². The number of imide groups is 1. The molecule has 1 heterocycles. The number of fused-ring (bicyclic) bond motifs is 1. The van der Waals surface area contributed by atoms with Crippen LogP contribution in [-0.2, 0) is 14.3 Å². The van der Waals surface area contributed by atoms with E-state index in [1.807, 2.05) is 0 Å². The fraction of sp³-hybridized carbons (Fsp3) is 0.333. The van der Waals surface area contributed by atoms with Crippen LogP contribution in [0, 0.1) is 5.92 Å². The molecule has 0 radical (unpaired) electrons. The lowest BCUT2D eigenvalue weighted by Gasteiger charge is -2.16. The van der Waals surface area contributed by atoms with Crippen molar-refractivity contribution in [2.24, 2.45) is 5.92 Å². The molecular formula is C15H15NO6. The molecule has 0 bridgehead atoms. The van der Waals surface area contributed by atoms with Gasteiger partial charge in [0.05, 0.1) is 17.7 Å². The minimum absolute atomic E-state index is 0.0651. The predicted octanol–water partition coefficient (Wildman–Crippen LogP) is 0.937. The van der Waals surface area contributed by atoms with E-state index < -0.39 is 29.7 Å². The standard InChI is InChI=1S/C15H15NO6/c1-2-22-15(21)11(14(19)20)7-8-16-12(17)9-5-3-4-6-10(9)13(16)18/h3-6,11H,2,7-8H2,1H3,(H,19,20). The Balaban J connectivity index is 2.09. The lowest BCUT2D eigenvalue weighted by molar-refractivity contribution is -0.158. The van der Waals surface area contributed by atoms with Crippen LogP contribution in [0.25, 0.3) is 0 Å². The summed E-state index contributed by atoms with van der Waals surface area (Å²) in [6, 6.07) is 6.36. The minimum Gasteiger partial charge on any atom is -0.481 e. The predicted molar refractivity (Wildman–Crippen MR) is 74.2 cm³/mol. The van der Waals surface area contributed by atoms with E-state index in [2.05, 4.69) is 4.74 Å². The van der Waals surface area contributed by atoms with Crippen LogP contribution in [0.15, 0.2) is 24.3 Å². The number of carboxylic acids is 1. The van der Waals surface area contributed by atoms with Gasteiger partial charge in [0.1, 0.15) is 0 Å². The second kappa shape index (κ2) is 6.38. The average molecular weight is 305 g/mol. The normalized spacial score (nSPS) is 14.7. The number of aliphatic carboxylic acids is 1. The molecule has 1 unspecified atom stereocenters. The molecule has 2 rings (SSSR count). The molecule has 116 valence electrons. The maximum atomic E-state index is 12.1. The second-order valence-electron chi connectivity index (χ2n) is 4.74. The number of nitrogens with zero attached hydrogens (tertiary/aromatic N) is 1. The van der Waals surface area contributed by atoms with Crippen molar-refractivity contribution < 1.29 is 29.0 Å². The average Bonchev–Trinajstić information content (AvgIpc) is 2.72. The summed E-state index contributed by atoms with van der Waals surface area (Å²) in [4.78, 5) is 47.9. The third-order valence-electron chi connectivity index (χ3n) is 3.39. The first-order valence-electron chi connectivity index (χ1n) is 6.82. The van der Waals surface area contributed by atoms with E-state index in [1.165, 1.54) is 12.1 Å². The molecule has 0 aliphatic carbocycles. The highest BCUT2D eigenvalue weighted by Gasteiger charge is 2.37. The van der Waals surface area contributed by atoms with Crippen LogP contribution in [0.4, 0.5) is 0 Å². The number of esters is 1. The molecule has 0 saturated heterocycles. The van der Waals surface area contributed by atoms with E-state index in [0.717, 1.165) is 4.90 Å². The fourth-order valence-electron chi connectivity index (χ4n) is 2.29. The zero-order valence-corrected chi connectivity index (χ0v) is 11.9. The van der Waals surface area contributed by atoms with Gasteiger partial charge in [-0.2, -0.15) is 0 Å². The molecule has 0 spiro atoms. The molecule has 22 heavy (non-hydrogen) atoms. The van der Waals surface area contributed by atoms with Crippen LogP contribution >= 0.6 is 0 Å². The van der Waals surface area contributed by atoms with Crippen LogP contribution in [0.1, 0.15) is 34.1 Å². The van der Waals surface area contributed by atoms with Gasteiger partial charge in [-0.25, -0.2) is 0 Å². The summed E-state index contributed by atoms with van der Waals surface area (Å²) >= 11 is 0. The Morgan fingerprint density at radius 2 is 1.73 bits per heavy atom. The Kier molecular flexibility index (Phi) is 4.55. The summed E-state index contributed by atoms with van der Waals surface area (Å²) in [5, 5.41) is 9.06. The molecule has 0 aromatic heterocycles. The van der Waals surface area contributed by atoms with E-state index in [4.69, 9.17) is 5.11 Å². The van der Waals surface area contributed by atoms with Crippen molar-refractivity contribution in [3.8, 4) is 0 Å². The molecule has 1 aromatic rings. The number of hydrogen-bond acceptors (Lipinski definition) is 5. The Morgan fingerprint density at radius 3 is 2.18 bits per heavy atom. The van der Waals surface area contributed by atoms with Gasteiger partial charge in [0, 0.05) is 6.54 Å². The van der Waals surface area contributed by atoms with Gasteiger partial charge in [-0.1, -0.05) is 12.1 Å². The van der Waals surface area contributed by atoms with Crippen molar-refractivity contribution in [1.82, 2.24) is 4.90 Å². The number of ether oxygens (including phenoxy) is 1. The highest BCUT2D eigenvalue weighted by atomic mass is 16.5. The Hall–Kier alpha value is -2.70. The number of amides is 2. The molecule has 0 fully saturated rings. The van der Waals surface area contributed by atoms with Gasteiger partial charge in [-0.3, -0.25) is 24.1 Å². The third kappa shape index (κ3) is 2.83. The van der Waals surface area contributed by atoms with Crippen LogP contribution < -0.4 is 0 Å². The maximum Gasteiger partial charge on any atom is 0.320 e. The lowest BCUT2D eigenvalue weighted by Crippen LogP contribution is -2.35. The van der Waals surface area contributed by atoms with Crippen molar-refractivity contribution in [3.63, 3.8) is 0 Å². The molecule has 2 amide bonds. The molecule has 1 aromatic carbocycles. The fourth-order valence-corrected chi connectivity index (χ4v) is 2.29. The van der Waals surface area contributed by atoms with E-state index >= 15 is 0 Å². The van der Waals surface area contributed by atoms with Crippen molar-refractivity contribution in [1.29, 1.82) is 0 Å². The van der Waals surface area contributed by atoms with Gasteiger partial charge in [0.2, 0.25) is 0 Å². The second-order valence-corrected chi connectivity index (χ2v) is 4.74. The third-order valence-corrected chi connectivity index (χ3v) is 3.39. The molecule has 1 N–H and O–H groups in total. The zero-order valence-electron chi connectivity index (χ0n) is 11.9. The smallest absolute Gasteiger partial charge is 0.320 e. The van der Waals surface area contributed by atoms with Crippen molar-refractivity contribution >= 4 is 23.8 Å². The number of carbonyl (C=O) groups excluding carboxylic acids is 3. The quantitative estimate of drug-likeness (QED) is 0.477. The molecule has 7 heteroatoms. The largest absolute Gasteiger partial charge is 0.481 e. The van der Waals surface area contributed by atoms with E-state index in [-0.39, 0.29) is 30.7 Å². The Morgan fingerprint density at radius 1 is 1.18 bits per heavy atom. The monoisotopic (exact) mass is 305 g/mol. The van der Waals surface area contributed by atoms with Gasteiger partial charge in [-0.15, -0.1) is 0 Å². The minimum atomic E-state index is -1.40. The summed E-state index contributed by atoms with van der Waals surface area (Å²) in [6.45, 7) is 1.48. The molecule has 1 aliphatic rings. The molecule has 1 aliphatic heterocycles. The van der Waals surface area contributed by atoms with Crippen molar-refractivity contribution in [2.75, 3.05) is 13.2 Å². The number of carbonyl (C=O) groups is 4. The summed E-state index contributed by atoms with van der Waals surface area (Å²) in [7, 11) is 0. The lowest BCUT2D eigenvalue weighted by atomic mass is 10.1. The molecule has 1 atom stereocenters. The van der Waals surface area contributed by atoms with Crippen molar-refractivity contribution in [2.45, 2.75) is 13.3 Å². The van der Waals surface area contributed by atoms with Crippen LogP contribution in [-0.4, -0.2) is 46.9 Å². The van der Waals surface area contributed by atoms with E-state index in [0.29, 0.717) is 0 Å². The highest BCUT2D eigenvalue weighted by Crippen LogP contribution is 2.23. The summed E-state index contributed by atoms with van der Waals surface area (Å²) in [6.07, 6.45) is -0.181. The van der Waals surface area contributed by atoms with Gasteiger partial charge >= 0.3 is 11.9 Å². The topological polar surface area (TPSA) is 101 Å². The van der Waals surface area contributed by atoms with Gasteiger partial charge in [0.15, 0.2) is 5.92 Å². The number of benzene rings is 1. The molecule has 7 nitrogen and oxygen atoms in total. The maximum absolute atomic E-state index is 12.1. The van der Waals surface area contributed by atoms with E-state index in [9.17, 15) is 19.2 Å². The van der Waals surface area contributed by atoms with Crippen LogP contribution in [0.2, 0.25) is 0 Å². The first-order chi connectivity index (χ1) is 10.5. The van der Waals surface area contributed by atoms with Crippen LogP contribution in [0.5, 0.6) is 0 Å². The summed E-state index contributed by atoms with van der Waals surface area (Å²) in [5.74, 6) is -4.56. The molecule has 0 saturated carbocycles. The number of rotatable bonds is 6. The first kappa shape index (κ1) is 15.7. The Labute approximate surface area is 126 Å². The Bertz CT molecular complexity index is 604. The van der Waals surface area contributed by atoms with Gasteiger partial charge in [-0.05, 0) is 25.5 Å². The van der Waals surface area contributed by atoms with Gasteiger partial charge < -0.3 is 9.84 Å². The molecular weight excluding hydrogens is 290 g/mol. The number of hydrogen-bond donors (Lipinski definition) is 1. The SMILES string of the molecule is CCOC(=O)C(CCN1C(=O)c2ccccc2C1=O)C(=O)O. The number of carboxylic acid groups (broad SMARTS) is 1. The zero-order chi connectivity index (χ0) is 16.3. The summed E-state index contributed by atoms with van der Waals surface area (Å²) in [5.41, 5.74) is 0.575. The van der Waals surface area contributed by atoms with Crippen molar-refractivity contribution in [3.05, 3.63) is 35.4 Å². The highest BCUT2D eigenvalue weighted by molar-refractivity contribution is 6.21. The first-order valence-corrected chi connectivity index (χ1v) is 6.82. The summed E-state index contributed by atoms with van der Waals surface area (Å²) < 4.78 is 4.69. The van der Waals surface area contributed by atoms with E-state index in [1.54, 1.807) is 19.1 Å².